The number of nitrogens with one attached hydrogen (secondary N) is 1. The fourth-order valence-electron chi connectivity index (χ4n) is 2.81. The lowest BCUT2D eigenvalue weighted by Crippen LogP contribution is -2.30. The molecule has 0 fully saturated rings. The Morgan fingerprint density at radius 3 is 2.30 bits per heavy atom. The number of carbonyl (C=O) groups is 2. The molecule has 1 amide bonds. The second-order valence-corrected chi connectivity index (χ2v) is 6.40. The molecule has 0 heterocycles. The molecule has 1 N–H and O–H groups in total. The first kappa shape index (κ1) is 22.7. The summed E-state index contributed by atoms with van der Waals surface area (Å²) in [5.74, 6) is -1.09. The molecule has 0 aliphatic carbocycles. The predicted octanol–water partition coefficient (Wildman–Crippen LogP) is 3.63. The molecule has 1 atom stereocenters. The van der Waals surface area contributed by atoms with Crippen LogP contribution in [0.1, 0.15) is 31.1 Å². The average Bonchev–Trinajstić information content (AvgIpc) is 2.75. The van der Waals surface area contributed by atoms with Crippen LogP contribution in [0.2, 0.25) is 0 Å². The van der Waals surface area contributed by atoms with Crippen molar-refractivity contribution in [1.29, 1.82) is 0 Å². The van der Waals surface area contributed by atoms with Gasteiger partial charge in [0.05, 0.1) is 29.4 Å². The lowest BCUT2D eigenvalue weighted by atomic mass is 10.2. The summed E-state index contributed by atoms with van der Waals surface area (Å²) in [5.41, 5.74) is 1.39. The van der Waals surface area contributed by atoms with Gasteiger partial charge < -0.3 is 19.7 Å². The monoisotopic (exact) mass is 415 g/mol. The maximum absolute atomic E-state index is 12.4. The Labute approximate surface area is 174 Å². The number of anilines is 2. The Morgan fingerprint density at radius 1 is 1.13 bits per heavy atom. The molecule has 0 radical (unpaired) electrons. The number of esters is 1. The van der Waals surface area contributed by atoms with Crippen LogP contribution in [0.3, 0.4) is 0 Å². The quantitative estimate of drug-likeness (QED) is 0.378. The van der Waals surface area contributed by atoms with Gasteiger partial charge in [-0.25, -0.2) is 4.79 Å². The zero-order valence-electron chi connectivity index (χ0n) is 17.4. The van der Waals surface area contributed by atoms with Gasteiger partial charge in [0.2, 0.25) is 0 Å². The molecule has 9 nitrogen and oxygen atoms in total. The number of non-ortho nitro benzene ring substituents is 1. The van der Waals surface area contributed by atoms with E-state index in [1.165, 1.54) is 32.2 Å². The van der Waals surface area contributed by atoms with E-state index in [1.807, 2.05) is 26.0 Å². The van der Waals surface area contributed by atoms with Crippen LogP contribution in [0.15, 0.2) is 42.5 Å². The lowest BCUT2D eigenvalue weighted by molar-refractivity contribution is -0.384. The summed E-state index contributed by atoms with van der Waals surface area (Å²) >= 11 is 0. The van der Waals surface area contributed by atoms with Crippen LogP contribution in [0.4, 0.5) is 17.1 Å². The average molecular weight is 415 g/mol. The summed E-state index contributed by atoms with van der Waals surface area (Å²) in [5, 5.41) is 13.4. The number of nitrogens with zero attached hydrogens (tertiary/aromatic N) is 2. The molecule has 2 aromatic carbocycles. The van der Waals surface area contributed by atoms with Crippen molar-refractivity contribution in [3.8, 4) is 5.75 Å². The van der Waals surface area contributed by atoms with E-state index in [4.69, 9.17) is 9.47 Å². The number of methoxy groups -OCH3 is 1. The fourth-order valence-corrected chi connectivity index (χ4v) is 2.81. The van der Waals surface area contributed by atoms with Crippen molar-refractivity contribution in [1.82, 2.24) is 0 Å². The number of ether oxygens (including phenoxy) is 2. The smallest absolute Gasteiger partial charge is 0.338 e. The summed E-state index contributed by atoms with van der Waals surface area (Å²) in [4.78, 5) is 37.2. The third kappa shape index (κ3) is 5.47. The second-order valence-electron chi connectivity index (χ2n) is 6.40. The third-order valence-electron chi connectivity index (χ3n) is 4.54. The minimum absolute atomic E-state index is 0.128. The first-order valence-corrected chi connectivity index (χ1v) is 9.49. The van der Waals surface area contributed by atoms with Gasteiger partial charge in [0.25, 0.3) is 11.6 Å². The maximum Gasteiger partial charge on any atom is 0.338 e. The molecular weight excluding hydrogens is 390 g/mol. The number of benzene rings is 2. The van der Waals surface area contributed by atoms with Crippen LogP contribution in [-0.2, 0) is 9.53 Å². The molecule has 0 saturated carbocycles. The Kier molecular flexibility index (Phi) is 7.74. The first-order chi connectivity index (χ1) is 14.3. The molecule has 2 aromatic rings. The van der Waals surface area contributed by atoms with Crippen LogP contribution in [0.25, 0.3) is 0 Å². The molecule has 2 rings (SSSR count). The first-order valence-electron chi connectivity index (χ1n) is 9.49. The van der Waals surface area contributed by atoms with Crippen molar-refractivity contribution in [2.24, 2.45) is 0 Å². The van der Waals surface area contributed by atoms with Gasteiger partial charge in [-0.2, -0.15) is 0 Å². The molecule has 0 aliphatic rings. The summed E-state index contributed by atoms with van der Waals surface area (Å²) in [7, 11) is 1.33. The SMILES string of the molecule is CCN(CC)c1ccc(C(=O)O[C@@H](C)C(=O)Nc2ccc([N+](=O)[O-])cc2OC)cc1. The molecule has 0 aromatic heterocycles. The van der Waals surface area contributed by atoms with Gasteiger partial charge in [0, 0.05) is 24.8 Å². The zero-order valence-corrected chi connectivity index (χ0v) is 17.4. The number of amides is 1. The standard InChI is InChI=1S/C21H25N3O6/c1-5-23(6-2)16-9-7-15(8-10-16)21(26)30-14(3)20(25)22-18-12-11-17(24(27)28)13-19(18)29-4/h7-14H,5-6H2,1-4H3,(H,22,25)/t14-/m0/s1. The molecule has 0 unspecified atom stereocenters. The van der Waals surface area contributed by atoms with Crippen LogP contribution < -0.4 is 15.0 Å². The Hall–Kier alpha value is -3.62. The minimum Gasteiger partial charge on any atom is -0.494 e. The third-order valence-corrected chi connectivity index (χ3v) is 4.54. The van der Waals surface area contributed by atoms with E-state index in [9.17, 15) is 19.7 Å². The van der Waals surface area contributed by atoms with E-state index in [1.54, 1.807) is 12.1 Å². The van der Waals surface area contributed by atoms with Crippen molar-refractivity contribution in [3.05, 3.63) is 58.1 Å². The largest absolute Gasteiger partial charge is 0.494 e. The van der Waals surface area contributed by atoms with Gasteiger partial charge in [-0.15, -0.1) is 0 Å². The van der Waals surface area contributed by atoms with E-state index in [0.717, 1.165) is 18.8 Å². The molecule has 0 spiro atoms. The van der Waals surface area contributed by atoms with Crippen molar-refractivity contribution in [2.45, 2.75) is 26.9 Å². The molecule has 0 aliphatic heterocycles. The molecule has 160 valence electrons. The number of nitro benzene ring substituents is 1. The van der Waals surface area contributed by atoms with Crippen LogP contribution in [-0.4, -0.2) is 43.1 Å². The van der Waals surface area contributed by atoms with Gasteiger partial charge in [0.1, 0.15) is 5.75 Å². The summed E-state index contributed by atoms with van der Waals surface area (Å²) < 4.78 is 10.3. The highest BCUT2D eigenvalue weighted by Crippen LogP contribution is 2.29. The van der Waals surface area contributed by atoms with E-state index in [0.29, 0.717) is 5.56 Å². The maximum atomic E-state index is 12.4. The van der Waals surface area contributed by atoms with E-state index < -0.39 is 22.9 Å². The van der Waals surface area contributed by atoms with Crippen molar-refractivity contribution in [3.63, 3.8) is 0 Å². The van der Waals surface area contributed by atoms with Crippen molar-refractivity contribution in [2.75, 3.05) is 30.4 Å². The van der Waals surface area contributed by atoms with Crippen molar-refractivity contribution < 1.29 is 24.0 Å². The number of hydrogen-bond acceptors (Lipinski definition) is 7. The number of carbonyl (C=O) groups excluding carboxylic acids is 2. The Bertz CT molecular complexity index is 909. The molecule has 0 bridgehead atoms. The number of nitro groups is 1. The molecule has 0 saturated heterocycles. The van der Waals surface area contributed by atoms with Crippen LogP contribution in [0, 0.1) is 10.1 Å². The Morgan fingerprint density at radius 2 is 1.77 bits per heavy atom. The molecular formula is C21H25N3O6. The predicted molar refractivity (Wildman–Crippen MR) is 113 cm³/mol. The van der Waals surface area contributed by atoms with Gasteiger partial charge >= 0.3 is 5.97 Å². The van der Waals surface area contributed by atoms with E-state index >= 15 is 0 Å². The van der Waals surface area contributed by atoms with Gasteiger partial charge in [-0.3, -0.25) is 14.9 Å². The zero-order chi connectivity index (χ0) is 22.3. The topological polar surface area (TPSA) is 111 Å². The molecule has 30 heavy (non-hydrogen) atoms. The highest BCUT2D eigenvalue weighted by atomic mass is 16.6. The normalized spacial score (nSPS) is 11.3. The summed E-state index contributed by atoms with van der Waals surface area (Å²) in [6.45, 7) is 7.24. The van der Waals surface area contributed by atoms with E-state index in [2.05, 4.69) is 10.2 Å². The van der Waals surface area contributed by atoms with Crippen molar-refractivity contribution >= 4 is 28.9 Å². The second kappa shape index (κ2) is 10.2. The van der Waals surface area contributed by atoms with E-state index in [-0.39, 0.29) is 17.1 Å². The van der Waals surface area contributed by atoms with Crippen LogP contribution in [0.5, 0.6) is 5.75 Å². The number of rotatable bonds is 9. The molecule has 9 heteroatoms. The van der Waals surface area contributed by atoms with Gasteiger partial charge in [-0.1, -0.05) is 0 Å². The number of hydrogen-bond donors (Lipinski definition) is 1. The summed E-state index contributed by atoms with van der Waals surface area (Å²) in [6, 6.07) is 10.8. The lowest BCUT2D eigenvalue weighted by Gasteiger charge is -2.21. The fraction of sp³-hybridized carbons (Fsp3) is 0.333. The Balaban J connectivity index is 2.03. The highest BCUT2D eigenvalue weighted by Gasteiger charge is 2.21. The minimum atomic E-state index is -1.08. The summed E-state index contributed by atoms with van der Waals surface area (Å²) in [6.07, 6.45) is -1.08. The van der Waals surface area contributed by atoms with Crippen LogP contribution >= 0.6 is 0 Å². The highest BCUT2D eigenvalue weighted by molar-refractivity contribution is 5.98. The van der Waals surface area contributed by atoms with Gasteiger partial charge in [-0.05, 0) is 51.1 Å². The van der Waals surface area contributed by atoms with Gasteiger partial charge in [0.15, 0.2) is 6.10 Å².